The van der Waals surface area contributed by atoms with E-state index >= 15 is 0 Å². The van der Waals surface area contributed by atoms with E-state index in [0.717, 1.165) is 37.8 Å². The number of aliphatic hydroxyl groups is 1. The Bertz CT molecular complexity index is 781. The Morgan fingerprint density at radius 1 is 1.14 bits per heavy atom. The monoisotopic (exact) mass is 428 g/mol. The second-order valence-electron chi connectivity index (χ2n) is 7.79. The van der Waals surface area contributed by atoms with Crippen molar-refractivity contribution in [3.63, 3.8) is 0 Å². The molecule has 0 spiro atoms. The van der Waals surface area contributed by atoms with E-state index in [-0.39, 0.29) is 42.0 Å². The Labute approximate surface area is 171 Å². The Balaban J connectivity index is 1.45. The summed E-state index contributed by atoms with van der Waals surface area (Å²) < 4.78 is 45.8. The lowest BCUT2D eigenvalue weighted by Gasteiger charge is -2.36. The number of hydrogen-bond donors (Lipinski definition) is 3. The Hall–Kier alpha value is -1.55. The van der Waals surface area contributed by atoms with Gasteiger partial charge in [0.1, 0.15) is 11.9 Å². The number of rotatable bonds is 8. The first-order chi connectivity index (χ1) is 13.9. The van der Waals surface area contributed by atoms with E-state index in [1.165, 1.54) is 12.1 Å². The maximum absolute atomic E-state index is 13.0. The van der Waals surface area contributed by atoms with Crippen molar-refractivity contribution in [1.29, 1.82) is 0 Å². The summed E-state index contributed by atoms with van der Waals surface area (Å²) in [5.41, 5.74) is 0. The molecule has 0 aromatic heterocycles. The van der Waals surface area contributed by atoms with Gasteiger partial charge >= 0.3 is 0 Å². The number of sulfonamides is 1. The second kappa shape index (κ2) is 9.97. The lowest BCUT2D eigenvalue weighted by atomic mass is 9.96. The topological polar surface area (TPSA) is 105 Å². The Kier molecular flexibility index (Phi) is 7.61. The van der Waals surface area contributed by atoms with Crippen molar-refractivity contribution >= 4 is 15.9 Å². The van der Waals surface area contributed by atoms with Gasteiger partial charge in [-0.3, -0.25) is 4.79 Å². The SMILES string of the molecule is O=C(N[C@@H]1CC[C@H](CCNS(=O)(=O)c2ccc(F)cc2)O[C@H]1CO)C1CCCC1. The van der Waals surface area contributed by atoms with Crippen molar-refractivity contribution in [3.05, 3.63) is 30.1 Å². The van der Waals surface area contributed by atoms with E-state index < -0.39 is 21.9 Å². The largest absolute Gasteiger partial charge is 0.394 e. The minimum atomic E-state index is -3.71. The molecule has 1 aliphatic carbocycles. The van der Waals surface area contributed by atoms with Crippen LogP contribution in [0.4, 0.5) is 4.39 Å². The summed E-state index contributed by atoms with van der Waals surface area (Å²) in [4.78, 5) is 12.4. The van der Waals surface area contributed by atoms with Crippen LogP contribution in [0.1, 0.15) is 44.9 Å². The van der Waals surface area contributed by atoms with Gasteiger partial charge in [-0.1, -0.05) is 12.8 Å². The molecule has 1 aromatic carbocycles. The van der Waals surface area contributed by atoms with Crippen LogP contribution >= 0.6 is 0 Å². The third-order valence-corrected chi connectivity index (χ3v) is 7.21. The van der Waals surface area contributed by atoms with Crippen molar-refractivity contribution in [2.75, 3.05) is 13.2 Å². The maximum atomic E-state index is 13.0. The number of benzene rings is 1. The Morgan fingerprint density at radius 3 is 2.48 bits per heavy atom. The molecular weight excluding hydrogens is 399 g/mol. The molecule has 0 radical (unpaired) electrons. The molecule has 7 nitrogen and oxygen atoms in total. The second-order valence-corrected chi connectivity index (χ2v) is 9.56. The van der Waals surface area contributed by atoms with E-state index in [2.05, 4.69) is 10.0 Å². The third kappa shape index (κ3) is 5.97. The van der Waals surface area contributed by atoms with Crippen molar-refractivity contribution in [2.24, 2.45) is 5.92 Å². The van der Waals surface area contributed by atoms with Gasteiger partial charge in [0.25, 0.3) is 0 Å². The molecule has 0 bridgehead atoms. The number of carbonyl (C=O) groups is 1. The zero-order valence-electron chi connectivity index (χ0n) is 16.3. The predicted octanol–water partition coefficient (Wildman–Crippen LogP) is 1.71. The maximum Gasteiger partial charge on any atom is 0.240 e. The van der Waals surface area contributed by atoms with Gasteiger partial charge in [0.05, 0.1) is 23.6 Å². The van der Waals surface area contributed by atoms with E-state index in [1.54, 1.807) is 0 Å². The minimum absolute atomic E-state index is 0.00591. The van der Waals surface area contributed by atoms with Crippen LogP contribution in [0.5, 0.6) is 0 Å². The summed E-state index contributed by atoms with van der Waals surface area (Å²) >= 11 is 0. The summed E-state index contributed by atoms with van der Waals surface area (Å²) in [6.45, 7) is -0.0327. The summed E-state index contributed by atoms with van der Waals surface area (Å²) in [6.07, 6.45) is 5.09. The molecule has 0 unspecified atom stereocenters. The fraction of sp³-hybridized carbons (Fsp3) is 0.650. The fourth-order valence-corrected chi connectivity index (χ4v) is 5.10. The van der Waals surface area contributed by atoms with Crippen molar-refractivity contribution in [2.45, 2.75) is 68.1 Å². The van der Waals surface area contributed by atoms with E-state index in [9.17, 15) is 22.7 Å². The smallest absolute Gasteiger partial charge is 0.240 e. The first-order valence-electron chi connectivity index (χ1n) is 10.2. The quantitative estimate of drug-likeness (QED) is 0.585. The highest BCUT2D eigenvalue weighted by Gasteiger charge is 2.33. The zero-order valence-corrected chi connectivity index (χ0v) is 17.2. The van der Waals surface area contributed by atoms with Crippen LogP contribution in [0, 0.1) is 11.7 Å². The van der Waals surface area contributed by atoms with Gasteiger partial charge in [-0.05, 0) is 56.4 Å². The third-order valence-electron chi connectivity index (χ3n) is 5.73. The molecule has 1 amide bonds. The highest BCUT2D eigenvalue weighted by molar-refractivity contribution is 7.89. The summed E-state index contributed by atoms with van der Waals surface area (Å²) in [5.74, 6) is -0.392. The normalized spacial score (nSPS) is 25.8. The fourth-order valence-electron chi connectivity index (χ4n) is 4.05. The molecule has 1 aromatic rings. The van der Waals surface area contributed by atoms with Crippen LogP contribution in [0.25, 0.3) is 0 Å². The number of carbonyl (C=O) groups excluding carboxylic acids is 1. The Morgan fingerprint density at radius 2 is 1.83 bits per heavy atom. The lowest BCUT2D eigenvalue weighted by Crippen LogP contribution is -2.52. The summed E-state index contributed by atoms with van der Waals surface area (Å²) in [6, 6.07) is 4.41. The molecule has 2 aliphatic rings. The van der Waals surface area contributed by atoms with Gasteiger partial charge in [0, 0.05) is 12.5 Å². The van der Waals surface area contributed by atoms with Gasteiger partial charge in [-0.2, -0.15) is 0 Å². The highest BCUT2D eigenvalue weighted by atomic mass is 32.2. The molecule has 1 saturated carbocycles. The number of aliphatic hydroxyl groups excluding tert-OH is 1. The van der Waals surface area contributed by atoms with Crippen LogP contribution in [-0.2, 0) is 19.6 Å². The van der Waals surface area contributed by atoms with Gasteiger partial charge in [-0.25, -0.2) is 17.5 Å². The molecule has 1 heterocycles. The minimum Gasteiger partial charge on any atom is -0.394 e. The number of ether oxygens (including phenoxy) is 1. The molecule has 9 heteroatoms. The van der Waals surface area contributed by atoms with Crippen molar-refractivity contribution < 1.29 is 27.4 Å². The van der Waals surface area contributed by atoms with Crippen LogP contribution in [0.3, 0.4) is 0 Å². The van der Waals surface area contributed by atoms with Crippen LogP contribution in [0.2, 0.25) is 0 Å². The molecular formula is C20H29FN2O5S. The summed E-state index contributed by atoms with van der Waals surface area (Å²) in [7, 11) is -3.71. The molecule has 3 rings (SSSR count). The number of hydrogen-bond acceptors (Lipinski definition) is 5. The first-order valence-corrected chi connectivity index (χ1v) is 11.7. The molecule has 1 aliphatic heterocycles. The van der Waals surface area contributed by atoms with E-state index in [1.807, 2.05) is 0 Å². The predicted molar refractivity (Wildman–Crippen MR) is 105 cm³/mol. The van der Waals surface area contributed by atoms with Gasteiger partial charge in [0.15, 0.2) is 0 Å². The highest BCUT2D eigenvalue weighted by Crippen LogP contribution is 2.27. The molecule has 3 atom stereocenters. The first kappa shape index (κ1) is 22.1. The molecule has 3 N–H and O–H groups in total. The van der Waals surface area contributed by atoms with Crippen molar-refractivity contribution in [3.8, 4) is 0 Å². The van der Waals surface area contributed by atoms with Gasteiger partial charge in [-0.15, -0.1) is 0 Å². The molecule has 2 fully saturated rings. The summed E-state index contributed by atoms with van der Waals surface area (Å²) in [5, 5.41) is 12.7. The number of nitrogens with one attached hydrogen (secondary N) is 2. The average molecular weight is 429 g/mol. The average Bonchev–Trinajstić information content (AvgIpc) is 3.24. The number of amides is 1. The van der Waals surface area contributed by atoms with Gasteiger partial charge in [0.2, 0.25) is 15.9 Å². The standard InChI is InChI=1S/C20H29FN2O5S/c21-15-5-8-17(9-6-15)29(26,27)22-12-11-16-7-10-18(19(13-24)28-16)23-20(25)14-3-1-2-4-14/h5-6,8-9,14,16,18-19,22,24H,1-4,7,10-13H2,(H,23,25)/t16-,18-,19+/m1/s1. The van der Waals surface area contributed by atoms with E-state index in [4.69, 9.17) is 4.74 Å². The van der Waals surface area contributed by atoms with Crippen LogP contribution < -0.4 is 10.0 Å². The van der Waals surface area contributed by atoms with Crippen LogP contribution in [0.15, 0.2) is 29.2 Å². The van der Waals surface area contributed by atoms with Crippen molar-refractivity contribution in [1.82, 2.24) is 10.0 Å². The van der Waals surface area contributed by atoms with Crippen LogP contribution in [-0.4, -0.2) is 50.8 Å². The lowest BCUT2D eigenvalue weighted by molar-refractivity contribution is -0.131. The number of halogens is 1. The van der Waals surface area contributed by atoms with Gasteiger partial charge < -0.3 is 15.2 Å². The molecule has 1 saturated heterocycles. The van der Waals surface area contributed by atoms with E-state index in [0.29, 0.717) is 19.3 Å². The zero-order chi connectivity index (χ0) is 20.9. The molecule has 162 valence electrons. The molecule has 29 heavy (non-hydrogen) atoms.